The molecule has 2 aromatic heterocycles. The number of likely N-dealkylation sites (tertiary alicyclic amines) is 1. The van der Waals surface area contributed by atoms with Crippen LogP contribution in [-0.4, -0.2) is 63.2 Å². The van der Waals surface area contributed by atoms with Gasteiger partial charge in [-0.2, -0.15) is 8.78 Å². The first-order valence-electron chi connectivity index (χ1n) is 10.9. The van der Waals surface area contributed by atoms with Gasteiger partial charge in [-0.1, -0.05) is 12.1 Å². The lowest BCUT2D eigenvalue weighted by atomic mass is 9.85. The number of carbonyl (C=O) groups is 2. The minimum Gasteiger partial charge on any atom is -0.453 e. The van der Waals surface area contributed by atoms with Crippen LogP contribution in [-0.2, 0) is 11.3 Å². The van der Waals surface area contributed by atoms with Crippen molar-refractivity contribution < 1.29 is 31.9 Å². The number of aromatic nitrogens is 3. The van der Waals surface area contributed by atoms with Crippen LogP contribution in [0.15, 0.2) is 40.9 Å². The summed E-state index contributed by atoms with van der Waals surface area (Å²) in [5.74, 6) is -1.92. The fraction of sp³-hybridized carbons (Fsp3) is 0.348. The van der Waals surface area contributed by atoms with Gasteiger partial charge >= 0.3 is 12.5 Å². The third-order valence-corrected chi connectivity index (χ3v) is 6.36. The molecule has 182 valence electrons. The Balaban J connectivity index is 1.43. The highest BCUT2D eigenvalue weighted by atomic mass is 19.3. The number of benzene rings is 1. The molecule has 1 aromatic carbocycles. The molecule has 0 bridgehead atoms. The Morgan fingerprint density at radius 3 is 2.69 bits per heavy atom. The molecule has 0 aliphatic carbocycles. The lowest BCUT2D eigenvalue weighted by Gasteiger charge is -2.42. The van der Waals surface area contributed by atoms with Gasteiger partial charge in [-0.05, 0) is 30.2 Å². The van der Waals surface area contributed by atoms with E-state index in [2.05, 4.69) is 15.2 Å². The number of hydrogen-bond donors (Lipinski definition) is 0. The van der Waals surface area contributed by atoms with E-state index in [1.807, 2.05) is 0 Å². The number of pyridine rings is 1. The Morgan fingerprint density at radius 2 is 2.00 bits per heavy atom. The van der Waals surface area contributed by atoms with E-state index in [1.54, 1.807) is 21.9 Å². The summed E-state index contributed by atoms with van der Waals surface area (Å²) in [4.78, 5) is 33.2. The highest BCUT2D eigenvalue weighted by Crippen LogP contribution is 2.36. The molecule has 2 amide bonds. The van der Waals surface area contributed by atoms with Gasteiger partial charge in [0.25, 0.3) is 11.8 Å². The van der Waals surface area contributed by atoms with Gasteiger partial charge in [0.2, 0.25) is 5.89 Å². The van der Waals surface area contributed by atoms with Crippen molar-refractivity contribution in [3.8, 4) is 11.5 Å². The van der Waals surface area contributed by atoms with Crippen molar-refractivity contribution >= 4 is 12.0 Å². The van der Waals surface area contributed by atoms with E-state index in [4.69, 9.17) is 9.15 Å². The molecule has 2 aliphatic rings. The van der Waals surface area contributed by atoms with Crippen LogP contribution >= 0.6 is 0 Å². The van der Waals surface area contributed by atoms with E-state index < -0.39 is 18.4 Å². The summed E-state index contributed by atoms with van der Waals surface area (Å²) < 4.78 is 49.0. The smallest absolute Gasteiger partial charge is 0.409 e. The third kappa shape index (κ3) is 4.19. The molecule has 9 nitrogen and oxygen atoms in total. The molecule has 2 atom stereocenters. The molecule has 1 saturated heterocycles. The van der Waals surface area contributed by atoms with Gasteiger partial charge < -0.3 is 19.0 Å². The topological polar surface area (TPSA) is 102 Å². The third-order valence-electron chi connectivity index (χ3n) is 6.36. The minimum absolute atomic E-state index is 0.155. The average Bonchev–Trinajstić information content (AvgIpc) is 3.49. The fourth-order valence-electron chi connectivity index (χ4n) is 4.66. The SMILES string of the molecule is COC(=O)N1CC[C@@H](N2Cc3ncc(-c4nnc(C(F)F)o4)cc3C2=O)[C@H](c2ccc(F)cc2)C1. The number of amides is 2. The van der Waals surface area contributed by atoms with Crippen molar-refractivity contribution in [1.82, 2.24) is 25.0 Å². The Labute approximate surface area is 197 Å². The standard InChI is InChI=1S/C23H20F3N5O4/c1-34-23(33)30-7-6-18(16(10-30)12-2-4-14(24)5-3-12)31-11-17-15(22(31)32)8-13(9-27-17)20-28-29-21(35-20)19(25)26/h2-5,8-9,16,18-19H,6-7,10-11H2,1H3/t16-,18+/m0/s1. The number of alkyl halides is 2. The Kier molecular flexibility index (Phi) is 5.87. The van der Waals surface area contributed by atoms with Crippen LogP contribution in [0.2, 0.25) is 0 Å². The van der Waals surface area contributed by atoms with E-state index in [0.29, 0.717) is 30.8 Å². The summed E-state index contributed by atoms with van der Waals surface area (Å²) in [7, 11) is 1.30. The maximum atomic E-state index is 13.6. The largest absolute Gasteiger partial charge is 0.453 e. The van der Waals surface area contributed by atoms with Gasteiger partial charge in [0, 0.05) is 31.2 Å². The zero-order valence-corrected chi connectivity index (χ0v) is 18.5. The zero-order valence-electron chi connectivity index (χ0n) is 18.5. The molecule has 1 fully saturated rings. The first-order chi connectivity index (χ1) is 16.9. The Hall–Kier alpha value is -3.96. The number of nitrogens with zero attached hydrogens (tertiary/aromatic N) is 5. The first kappa shape index (κ1) is 22.8. The molecule has 0 N–H and O–H groups in total. The van der Waals surface area contributed by atoms with Crippen molar-refractivity contribution in [2.24, 2.45) is 0 Å². The highest BCUT2D eigenvalue weighted by molar-refractivity contribution is 5.99. The predicted molar refractivity (Wildman–Crippen MR) is 114 cm³/mol. The number of rotatable bonds is 4. The molecule has 0 radical (unpaired) electrons. The van der Waals surface area contributed by atoms with Gasteiger partial charge in [-0.25, -0.2) is 9.18 Å². The van der Waals surface area contributed by atoms with Crippen molar-refractivity contribution in [1.29, 1.82) is 0 Å². The lowest BCUT2D eigenvalue weighted by molar-refractivity contribution is 0.0515. The predicted octanol–water partition coefficient (Wildman–Crippen LogP) is 3.79. The number of ether oxygens (including phenoxy) is 1. The van der Waals surface area contributed by atoms with Crippen LogP contribution in [0.3, 0.4) is 0 Å². The van der Waals surface area contributed by atoms with E-state index >= 15 is 0 Å². The number of fused-ring (bicyclic) bond motifs is 1. The molecule has 0 unspecified atom stereocenters. The number of methoxy groups -OCH3 is 1. The van der Waals surface area contributed by atoms with Gasteiger partial charge in [0.15, 0.2) is 0 Å². The highest BCUT2D eigenvalue weighted by Gasteiger charge is 2.42. The van der Waals surface area contributed by atoms with E-state index in [0.717, 1.165) is 5.56 Å². The summed E-state index contributed by atoms with van der Waals surface area (Å²) >= 11 is 0. The maximum Gasteiger partial charge on any atom is 0.409 e. The molecule has 35 heavy (non-hydrogen) atoms. The molecule has 3 aromatic rings. The van der Waals surface area contributed by atoms with Crippen LogP contribution in [0.4, 0.5) is 18.0 Å². The summed E-state index contributed by atoms with van der Waals surface area (Å²) in [6.45, 7) is 0.910. The molecule has 4 heterocycles. The van der Waals surface area contributed by atoms with Gasteiger partial charge in [0.05, 0.1) is 30.5 Å². The summed E-state index contributed by atoms with van der Waals surface area (Å²) in [6, 6.07) is 7.19. The van der Waals surface area contributed by atoms with Crippen LogP contribution < -0.4 is 0 Å². The second-order valence-corrected chi connectivity index (χ2v) is 8.33. The van der Waals surface area contributed by atoms with Crippen LogP contribution in [0.1, 0.15) is 46.3 Å². The summed E-state index contributed by atoms with van der Waals surface area (Å²) in [5.41, 5.74) is 1.88. The van der Waals surface area contributed by atoms with Crippen molar-refractivity contribution in [2.45, 2.75) is 31.4 Å². The summed E-state index contributed by atoms with van der Waals surface area (Å²) in [5, 5.41) is 6.93. The summed E-state index contributed by atoms with van der Waals surface area (Å²) in [6.07, 6.45) is -1.50. The van der Waals surface area contributed by atoms with E-state index in [-0.39, 0.29) is 41.7 Å². The Bertz CT molecular complexity index is 1270. The maximum absolute atomic E-state index is 13.6. The lowest BCUT2D eigenvalue weighted by Crippen LogP contribution is -2.51. The number of hydrogen-bond acceptors (Lipinski definition) is 7. The molecular weight excluding hydrogens is 467 g/mol. The first-order valence-corrected chi connectivity index (χ1v) is 10.9. The van der Waals surface area contributed by atoms with E-state index in [9.17, 15) is 22.8 Å². The van der Waals surface area contributed by atoms with Crippen LogP contribution in [0.5, 0.6) is 0 Å². The van der Waals surface area contributed by atoms with E-state index in [1.165, 1.54) is 31.5 Å². The molecule has 2 aliphatic heterocycles. The van der Waals surface area contributed by atoms with Gasteiger partial charge in [0.1, 0.15) is 5.82 Å². The van der Waals surface area contributed by atoms with Crippen molar-refractivity contribution in [2.75, 3.05) is 20.2 Å². The monoisotopic (exact) mass is 487 g/mol. The number of carbonyl (C=O) groups excluding carboxylic acids is 2. The Morgan fingerprint density at radius 1 is 1.23 bits per heavy atom. The van der Waals surface area contributed by atoms with Crippen molar-refractivity contribution in [3.63, 3.8) is 0 Å². The normalized spacial score (nSPS) is 19.9. The fourth-order valence-corrected chi connectivity index (χ4v) is 4.66. The second kappa shape index (κ2) is 9.01. The quantitative estimate of drug-likeness (QED) is 0.552. The molecule has 0 saturated carbocycles. The van der Waals surface area contributed by atoms with Gasteiger partial charge in [-0.15, -0.1) is 10.2 Å². The zero-order chi connectivity index (χ0) is 24.7. The second-order valence-electron chi connectivity index (χ2n) is 8.33. The van der Waals surface area contributed by atoms with Crippen molar-refractivity contribution in [3.05, 3.63) is 65.1 Å². The van der Waals surface area contributed by atoms with Gasteiger partial charge in [-0.3, -0.25) is 9.78 Å². The average molecular weight is 487 g/mol. The molecular formula is C23H20F3N5O4. The van der Waals surface area contributed by atoms with Crippen LogP contribution in [0, 0.1) is 5.82 Å². The number of piperidine rings is 1. The molecule has 5 rings (SSSR count). The molecule has 0 spiro atoms. The molecule has 12 heteroatoms. The van der Waals surface area contributed by atoms with Crippen LogP contribution in [0.25, 0.3) is 11.5 Å². The number of halogens is 3. The minimum atomic E-state index is -2.91.